The molecule has 3 aromatic carbocycles. The molecule has 0 amide bonds. The van der Waals surface area contributed by atoms with Crippen molar-refractivity contribution in [1.29, 1.82) is 0 Å². The number of para-hydroxylation sites is 2. The van der Waals surface area contributed by atoms with Crippen LogP contribution in [0.3, 0.4) is 0 Å². The van der Waals surface area contributed by atoms with Gasteiger partial charge in [0.25, 0.3) is 0 Å². The highest BCUT2D eigenvalue weighted by Gasteiger charge is 2.47. The third kappa shape index (κ3) is 1.86. The molecule has 0 saturated carbocycles. The second-order valence-corrected chi connectivity index (χ2v) is 7.24. The van der Waals surface area contributed by atoms with E-state index in [1.165, 1.54) is 22.5 Å². The normalized spacial score (nSPS) is 18.5. The summed E-state index contributed by atoms with van der Waals surface area (Å²) in [6.45, 7) is 1.58. The minimum Gasteiger partial charge on any atom is -0.478 e. The monoisotopic (exact) mass is 355 g/mol. The van der Waals surface area contributed by atoms with E-state index in [-0.39, 0.29) is 6.29 Å². The van der Waals surface area contributed by atoms with Gasteiger partial charge in [0.15, 0.2) is 6.29 Å². The maximum Gasteiger partial charge on any atom is 0.335 e. The molecule has 0 aliphatic carbocycles. The van der Waals surface area contributed by atoms with Gasteiger partial charge in [0.2, 0.25) is 0 Å². The van der Waals surface area contributed by atoms with Gasteiger partial charge in [-0.1, -0.05) is 36.4 Å². The van der Waals surface area contributed by atoms with Crippen LogP contribution < -0.4 is 14.7 Å². The number of aromatic carboxylic acids is 1. The number of carboxylic acid groups (broad SMARTS) is 1. The SMILES string of the molecule is O=C(O)c1ccc2c(c1)N1Cc3ccccc3N3c4ccccc4CN2C13. The molecule has 6 rings (SSSR count). The highest BCUT2D eigenvalue weighted by atomic mass is 16.4. The first-order valence-corrected chi connectivity index (χ1v) is 9.08. The standard InChI is InChI=1S/C22H17N3O2/c26-21(27)14-9-10-19-20(11-14)24-13-16-6-2-4-8-18(16)25-17-7-3-1-5-15(17)12-23(19)22(24)25/h1-11,22H,12-13H2,(H,26,27). The molecule has 3 aliphatic heterocycles. The van der Waals surface area contributed by atoms with Gasteiger partial charge in [-0.05, 0) is 41.5 Å². The average molecular weight is 355 g/mol. The molecule has 27 heavy (non-hydrogen) atoms. The summed E-state index contributed by atoms with van der Waals surface area (Å²) in [5.41, 5.74) is 7.39. The summed E-state index contributed by atoms with van der Waals surface area (Å²) in [7, 11) is 0. The molecule has 0 bridgehead atoms. The van der Waals surface area contributed by atoms with E-state index >= 15 is 0 Å². The van der Waals surface area contributed by atoms with Crippen LogP contribution >= 0.6 is 0 Å². The maximum absolute atomic E-state index is 11.5. The zero-order chi connectivity index (χ0) is 18.1. The number of hydrogen-bond donors (Lipinski definition) is 1. The average Bonchev–Trinajstić information content (AvgIpc) is 3.01. The Morgan fingerprint density at radius 3 is 2.00 bits per heavy atom. The van der Waals surface area contributed by atoms with Gasteiger partial charge in [0.05, 0.1) is 16.9 Å². The lowest BCUT2D eigenvalue weighted by molar-refractivity contribution is 0.0697. The summed E-state index contributed by atoms with van der Waals surface area (Å²) in [6, 6.07) is 22.5. The molecule has 3 aromatic rings. The fourth-order valence-corrected chi connectivity index (χ4v) is 4.66. The van der Waals surface area contributed by atoms with Gasteiger partial charge in [-0.3, -0.25) is 0 Å². The largest absolute Gasteiger partial charge is 0.478 e. The van der Waals surface area contributed by atoms with E-state index < -0.39 is 5.97 Å². The number of anilines is 4. The summed E-state index contributed by atoms with van der Waals surface area (Å²) >= 11 is 0. The van der Waals surface area contributed by atoms with Crippen LogP contribution in [0.4, 0.5) is 22.7 Å². The first-order valence-electron chi connectivity index (χ1n) is 9.08. The fraction of sp³-hybridized carbons (Fsp3) is 0.136. The molecule has 0 saturated heterocycles. The van der Waals surface area contributed by atoms with Crippen LogP contribution in [0.15, 0.2) is 66.7 Å². The Kier molecular flexibility index (Phi) is 2.74. The van der Waals surface area contributed by atoms with Gasteiger partial charge < -0.3 is 19.8 Å². The first-order chi connectivity index (χ1) is 13.2. The zero-order valence-electron chi connectivity index (χ0n) is 14.5. The summed E-state index contributed by atoms with van der Waals surface area (Å²) in [5, 5.41) is 9.46. The predicted octanol–water partition coefficient (Wildman–Crippen LogP) is 4.16. The van der Waals surface area contributed by atoms with Crippen LogP contribution in [0.2, 0.25) is 0 Å². The summed E-state index contributed by atoms with van der Waals surface area (Å²) in [5.74, 6) is -0.889. The Hall–Kier alpha value is -3.47. The van der Waals surface area contributed by atoms with Crippen molar-refractivity contribution in [2.24, 2.45) is 0 Å². The van der Waals surface area contributed by atoms with Crippen molar-refractivity contribution in [3.63, 3.8) is 0 Å². The van der Waals surface area contributed by atoms with Crippen LogP contribution in [-0.2, 0) is 13.1 Å². The summed E-state index contributed by atoms with van der Waals surface area (Å²) in [6.07, 6.45) is 0.0360. The van der Waals surface area contributed by atoms with Crippen LogP contribution in [-0.4, -0.2) is 17.4 Å². The van der Waals surface area contributed by atoms with Crippen molar-refractivity contribution in [1.82, 2.24) is 0 Å². The number of benzene rings is 3. The second-order valence-electron chi connectivity index (χ2n) is 7.24. The third-order valence-corrected chi connectivity index (χ3v) is 5.81. The molecule has 1 N–H and O–H groups in total. The van der Waals surface area contributed by atoms with E-state index in [1.807, 2.05) is 12.1 Å². The Morgan fingerprint density at radius 1 is 0.778 bits per heavy atom. The van der Waals surface area contributed by atoms with Gasteiger partial charge in [-0.2, -0.15) is 0 Å². The van der Waals surface area contributed by atoms with Crippen molar-refractivity contribution in [2.45, 2.75) is 19.4 Å². The summed E-state index contributed by atoms with van der Waals surface area (Å²) in [4.78, 5) is 18.6. The lowest BCUT2D eigenvalue weighted by Crippen LogP contribution is -2.58. The Labute approximate surface area is 156 Å². The van der Waals surface area contributed by atoms with Gasteiger partial charge in [0.1, 0.15) is 0 Å². The second kappa shape index (κ2) is 5.04. The van der Waals surface area contributed by atoms with Crippen molar-refractivity contribution < 1.29 is 9.90 Å². The van der Waals surface area contributed by atoms with Crippen molar-refractivity contribution in [3.8, 4) is 0 Å². The van der Waals surface area contributed by atoms with Crippen molar-refractivity contribution in [2.75, 3.05) is 14.7 Å². The molecule has 3 heterocycles. The van der Waals surface area contributed by atoms with E-state index in [0.717, 1.165) is 24.5 Å². The molecule has 1 unspecified atom stereocenters. The molecule has 5 nitrogen and oxygen atoms in total. The lowest BCUT2D eigenvalue weighted by Gasteiger charge is -2.50. The first kappa shape index (κ1) is 14.7. The van der Waals surface area contributed by atoms with Crippen LogP contribution in [0.5, 0.6) is 0 Å². The van der Waals surface area contributed by atoms with E-state index in [0.29, 0.717) is 5.56 Å². The maximum atomic E-state index is 11.5. The highest BCUT2D eigenvalue weighted by Crippen LogP contribution is 2.52. The molecule has 3 aliphatic rings. The van der Waals surface area contributed by atoms with E-state index in [2.05, 4.69) is 63.2 Å². The van der Waals surface area contributed by atoms with Crippen LogP contribution in [0, 0.1) is 0 Å². The number of fused-ring (bicyclic) bond motifs is 7. The van der Waals surface area contributed by atoms with Gasteiger partial charge in [-0.25, -0.2) is 4.79 Å². The van der Waals surface area contributed by atoms with Crippen LogP contribution in [0.25, 0.3) is 0 Å². The molecule has 1 atom stereocenters. The number of rotatable bonds is 1. The predicted molar refractivity (Wildman–Crippen MR) is 105 cm³/mol. The smallest absolute Gasteiger partial charge is 0.335 e. The summed E-state index contributed by atoms with van der Waals surface area (Å²) < 4.78 is 0. The van der Waals surface area contributed by atoms with Crippen molar-refractivity contribution in [3.05, 3.63) is 83.4 Å². The molecular formula is C22H17N3O2. The molecule has 0 radical (unpaired) electrons. The molecule has 0 spiro atoms. The van der Waals surface area contributed by atoms with E-state index in [1.54, 1.807) is 6.07 Å². The van der Waals surface area contributed by atoms with E-state index in [9.17, 15) is 9.90 Å². The highest BCUT2D eigenvalue weighted by molar-refractivity contribution is 5.94. The Balaban J connectivity index is 1.62. The van der Waals surface area contributed by atoms with E-state index in [4.69, 9.17) is 0 Å². The number of carboxylic acids is 1. The minimum absolute atomic E-state index is 0.0360. The van der Waals surface area contributed by atoms with Crippen molar-refractivity contribution >= 4 is 28.7 Å². The zero-order valence-corrected chi connectivity index (χ0v) is 14.5. The number of nitrogens with zero attached hydrogens (tertiary/aromatic N) is 3. The Bertz CT molecular complexity index is 1110. The topological polar surface area (TPSA) is 47.0 Å². The Morgan fingerprint density at radius 2 is 1.37 bits per heavy atom. The minimum atomic E-state index is -0.889. The van der Waals surface area contributed by atoms with Crippen LogP contribution in [0.1, 0.15) is 21.5 Å². The fourth-order valence-electron chi connectivity index (χ4n) is 4.66. The van der Waals surface area contributed by atoms with Gasteiger partial charge >= 0.3 is 5.97 Å². The van der Waals surface area contributed by atoms with Gasteiger partial charge in [-0.15, -0.1) is 0 Å². The number of hydrogen-bond acceptors (Lipinski definition) is 4. The molecule has 0 fully saturated rings. The lowest BCUT2D eigenvalue weighted by atomic mass is 10.0. The quantitative estimate of drug-likeness (QED) is 0.710. The molecule has 132 valence electrons. The van der Waals surface area contributed by atoms with Gasteiger partial charge in [0, 0.05) is 24.5 Å². The third-order valence-electron chi connectivity index (χ3n) is 5.81. The number of carbonyl (C=O) groups is 1. The molecule has 0 aromatic heterocycles. The molecular weight excluding hydrogens is 338 g/mol. The molecule has 5 heteroatoms.